The van der Waals surface area contributed by atoms with Gasteiger partial charge in [-0.15, -0.1) is 0 Å². The summed E-state index contributed by atoms with van der Waals surface area (Å²) in [5, 5.41) is 18.8. The number of halogens is 2. The number of phenols is 1. The van der Waals surface area contributed by atoms with Crippen molar-refractivity contribution >= 4 is 5.97 Å². The van der Waals surface area contributed by atoms with Crippen LogP contribution in [-0.4, -0.2) is 20.7 Å². The Kier molecular flexibility index (Phi) is 4.33. The van der Waals surface area contributed by atoms with Gasteiger partial charge in [0, 0.05) is 47.4 Å². The summed E-state index contributed by atoms with van der Waals surface area (Å²) < 4.78 is 28.8. The van der Waals surface area contributed by atoms with Crippen LogP contribution in [0.15, 0.2) is 48.8 Å². The predicted octanol–water partition coefficient (Wildman–Crippen LogP) is 3.09. The summed E-state index contributed by atoms with van der Waals surface area (Å²) in [6.45, 7) is 0. The highest BCUT2D eigenvalue weighted by molar-refractivity contribution is 5.91. The molecule has 0 atom stereocenters. The highest BCUT2D eigenvalue weighted by Crippen LogP contribution is 2.30. The molecule has 4 N–H and O–H groups in total. The zero-order chi connectivity index (χ0) is 18.8. The maximum atomic E-state index is 14.1. The van der Waals surface area contributed by atoms with Crippen LogP contribution < -0.4 is 5.73 Å². The molecule has 0 unspecified atom stereocenters. The number of carbonyl (C=O) groups is 1. The van der Waals surface area contributed by atoms with E-state index in [1.807, 2.05) is 0 Å². The van der Waals surface area contributed by atoms with Crippen LogP contribution in [0.25, 0.3) is 16.8 Å². The molecule has 3 rings (SSSR count). The van der Waals surface area contributed by atoms with Crippen molar-refractivity contribution < 1.29 is 23.8 Å². The first-order valence-electron chi connectivity index (χ1n) is 7.36. The van der Waals surface area contributed by atoms with Gasteiger partial charge >= 0.3 is 5.97 Å². The minimum Gasteiger partial charge on any atom is -0.507 e. The van der Waals surface area contributed by atoms with Crippen LogP contribution in [0.2, 0.25) is 0 Å². The third-order valence-electron chi connectivity index (χ3n) is 3.76. The van der Waals surface area contributed by atoms with Crippen molar-refractivity contribution in [3.8, 4) is 34.5 Å². The summed E-state index contributed by atoms with van der Waals surface area (Å²) >= 11 is 0. The highest BCUT2D eigenvalue weighted by Gasteiger charge is 2.15. The lowest BCUT2D eigenvalue weighted by atomic mass is 10.0. The summed E-state index contributed by atoms with van der Waals surface area (Å²) in [5.74, 6) is -0.491. The number of carboxylic acid groups (broad SMARTS) is 1. The van der Waals surface area contributed by atoms with E-state index < -0.39 is 23.4 Å². The number of hydrogen-bond acceptors (Lipinski definition) is 3. The molecule has 7 heteroatoms. The average Bonchev–Trinajstić information content (AvgIpc) is 2.98. The number of benzene rings is 2. The Hall–Kier alpha value is -3.79. The third-order valence-corrected chi connectivity index (χ3v) is 3.76. The zero-order valence-corrected chi connectivity index (χ0v) is 13.2. The Morgan fingerprint density at radius 3 is 2.46 bits per heavy atom. The van der Waals surface area contributed by atoms with Gasteiger partial charge in [-0.3, -0.25) is 0 Å². The fourth-order valence-corrected chi connectivity index (χ4v) is 2.56. The monoisotopic (exact) mass is 354 g/mol. The van der Waals surface area contributed by atoms with Gasteiger partial charge in [0.05, 0.1) is 5.56 Å². The Bertz CT molecular complexity index is 1080. The first kappa shape index (κ1) is 17.0. The second-order valence-corrected chi connectivity index (χ2v) is 5.39. The van der Waals surface area contributed by atoms with Crippen LogP contribution in [0.4, 0.5) is 8.78 Å². The van der Waals surface area contributed by atoms with E-state index in [4.69, 9.17) is 10.8 Å². The van der Waals surface area contributed by atoms with Crippen molar-refractivity contribution in [1.29, 1.82) is 0 Å². The summed E-state index contributed by atoms with van der Waals surface area (Å²) in [6, 6.07) is 9.41. The van der Waals surface area contributed by atoms with E-state index in [0.717, 1.165) is 12.1 Å². The number of nitrogens with zero attached hydrogens (tertiary/aromatic N) is 1. The zero-order valence-electron chi connectivity index (χ0n) is 13.2. The van der Waals surface area contributed by atoms with Gasteiger partial charge in [-0.25, -0.2) is 13.6 Å². The van der Waals surface area contributed by atoms with E-state index in [1.165, 1.54) is 35.0 Å². The molecule has 0 amide bonds. The van der Waals surface area contributed by atoms with E-state index in [2.05, 4.69) is 12.0 Å². The molecule has 0 fully saturated rings. The van der Waals surface area contributed by atoms with Gasteiger partial charge in [-0.1, -0.05) is 0 Å². The lowest BCUT2D eigenvalue weighted by molar-refractivity contribution is 0.0693. The number of aromatic hydroxyl groups is 1. The quantitative estimate of drug-likeness (QED) is 0.498. The van der Waals surface area contributed by atoms with Gasteiger partial charge in [0.2, 0.25) is 0 Å². The molecule has 1 aromatic heterocycles. The van der Waals surface area contributed by atoms with Crippen molar-refractivity contribution in [3.63, 3.8) is 0 Å². The molecular weight excluding hydrogens is 342 g/mol. The maximum Gasteiger partial charge on any atom is 0.339 e. The number of aromatic carboxylic acids is 1. The van der Waals surface area contributed by atoms with Crippen LogP contribution in [0.1, 0.15) is 15.9 Å². The van der Waals surface area contributed by atoms with Crippen molar-refractivity contribution in [2.75, 3.05) is 0 Å². The SMILES string of the molecule is NC#Cc1cn(-c2ccc(C(=O)O)c(O)c2)cc1-c1ccc(F)cc1F. The molecule has 0 saturated carbocycles. The maximum absolute atomic E-state index is 14.1. The topological polar surface area (TPSA) is 88.5 Å². The second-order valence-electron chi connectivity index (χ2n) is 5.39. The Balaban J connectivity index is 2.14. The number of rotatable bonds is 3. The molecule has 0 aliphatic heterocycles. The first-order chi connectivity index (χ1) is 12.4. The highest BCUT2D eigenvalue weighted by atomic mass is 19.1. The standard InChI is InChI=1S/C19H12F2N2O3/c20-12-1-3-14(17(21)7-12)16-10-23(9-11(16)5-6-22)13-2-4-15(19(25)26)18(24)8-13/h1-4,7-10,24H,22H2,(H,25,26). The summed E-state index contributed by atoms with van der Waals surface area (Å²) in [7, 11) is 0. The minimum absolute atomic E-state index is 0.134. The fraction of sp³-hybridized carbons (Fsp3) is 0. The molecule has 0 bridgehead atoms. The van der Waals surface area contributed by atoms with Gasteiger partial charge in [-0.05, 0) is 30.2 Å². The summed E-state index contributed by atoms with van der Waals surface area (Å²) in [5.41, 5.74) is 6.35. The van der Waals surface area contributed by atoms with E-state index in [0.29, 0.717) is 16.8 Å². The van der Waals surface area contributed by atoms with Gasteiger partial charge in [0.25, 0.3) is 0 Å². The van der Waals surface area contributed by atoms with Crippen molar-refractivity contribution in [2.45, 2.75) is 0 Å². The normalized spacial score (nSPS) is 10.2. The first-order valence-corrected chi connectivity index (χ1v) is 7.36. The lowest BCUT2D eigenvalue weighted by Crippen LogP contribution is -1.98. The van der Waals surface area contributed by atoms with E-state index >= 15 is 0 Å². The molecule has 5 nitrogen and oxygen atoms in total. The molecule has 0 spiro atoms. The van der Waals surface area contributed by atoms with Crippen molar-refractivity contribution in [2.24, 2.45) is 5.73 Å². The molecular formula is C19H12F2N2O3. The van der Waals surface area contributed by atoms with Crippen LogP contribution in [-0.2, 0) is 0 Å². The average molecular weight is 354 g/mol. The minimum atomic E-state index is -1.26. The molecule has 26 heavy (non-hydrogen) atoms. The predicted molar refractivity (Wildman–Crippen MR) is 90.8 cm³/mol. The lowest BCUT2D eigenvalue weighted by Gasteiger charge is -2.06. The van der Waals surface area contributed by atoms with E-state index in [9.17, 15) is 18.7 Å². The molecule has 0 aliphatic carbocycles. The van der Waals surface area contributed by atoms with Crippen molar-refractivity contribution in [1.82, 2.24) is 4.57 Å². The van der Waals surface area contributed by atoms with E-state index in [-0.39, 0.29) is 11.1 Å². The van der Waals surface area contributed by atoms with Gasteiger partial charge < -0.3 is 20.5 Å². The number of nitrogens with two attached hydrogens (primary N) is 1. The van der Waals surface area contributed by atoms with Crippen LogP contribution in [0.5, 0.6) is 5.75 Å². The molecule has 130 valence electrons. The van der Waals surface area contributed by atoms with Crippen LogP contribution in [0, 0.1) is 23.6 Å². The smallest absolute Gasteiger partial charge is 0.339 e. The number of carboxylic acids is 1. The molecule has 2 aromatic carbocycles. The molecule has 0 radical (unpaired) electrons. The summed E-state index contributed by atoms with van der Waals surface area (Å²) in [4.78, 5) is 11.0. The van der Waals surface area contributed by atoms with Gasteiger partial charge in [-0.2, -0.15) is 0 Å². The van der Waals surface area contributed by atoms with Crippen LogP contribution in [0.3, 0.4) is 0 Å². The molecule has 0 aliphatic rings. The summed E-state index contributed by atoms with van der Waals surface area (Å²) in [6.07, 6.45) is 3.08. The van der Waals surface area contributed by atoms with E-state index in [1.54, 1.807) is 6.20 Å². The Morgan fingerprint density at radius 1 is 1.08 bits per heavy atom. The Labute approximate surface area is 146 Å². The molecule has 0 saturated heterocycles. The van der Waals surface area contributed by atoms with Crippen molar-refractivity contribution in [3.05, 3.63) is 71.6 Å². The fourth-order valence-electron chi connectivity index (χ4n) is 2.56. The molecule has 3 aromatic rings. The van der Waals surface area contributed by atoms with Gasteiger partial charge in [0.15, 0.2) is 0 Å². The van der Waals surface area contributed by atoms with Gasteiger partial charge in [0.1, 0.15) is 22.9 Å². The number of hydrogen-bond donors (Lipinski definition) is 3. The largest absolute Gasteiger partial charge is 0.507 e. The molecule has 1 heterocycles. The third kappa shape index (κ3) is 3.08. The Morgan fingerprint density at radius 2 is 1.85 bits per heavy atom. The number of aromatic nitrogens is 1. The second kappa shape index (κ2) is 6.61. The van der Waals surface area contributed by atoms with Crippen LogP contribution >= 0.6 is 0 Å².